The third-order valence-electron chi connectivity index (χ3n) is 4.63. The average molecular weight is 403 g/mol. The number of esters is 2. The number of Topliss-reactive ketones (excluding diaryl/α,β-unsaturated/α-hetero) is 1. The molecule has 1 heterocycles. The molecule has 0 bridgehead atoms. The third-order valence-corrected chi connectivity index (χ3v) is 4.63. The van der Waals surface area contributed by atoms with Gasteiger partial charge in [-0.1, -0.05) is 42.5 Å². The molecule has 0 N–H and O–H groups in total. The zero-order chi connectivity index (χ0) is 21.7. The lowest BCUT2D eigenvalue weighted by Crippen LogP contribution is -2.27. The van der Waals surface area contributed by atoms with E-state index in [0.29, 0.717) is 11.3 Å². The van der Waals surface area contributed by atoms with Crippen LogP contribution in [-0.2, 0) is 19.1 Å². The molecule has 3 rings (SSSR count). The van der Waals surface area contributed by atoms with E-state index < -0.39 is 11.9 Å². The van der Waals surface area contributed by atoms with Crippen molar-refractivity contribution in [2.24, 2.45) is 0 Å². The minimum Gasteiger partial charge on any atom is -0.465 e. The number of carbonyl (C=O) groups is 3. The van der Waals surface area contributed by atoms with Gasteiger partial charge in [0.15, 0.2) is 5.78 Å². The van der Waals surface area contributed by atoms with E-state index in [1.807, 2.05) is 30.3 Å². The molecule has 6 heteroatoms. The fourth-order valence-electron chi connectivity index (χ4n) is 3.18. The molecule has 0 aromatic heterocycles. The SMILES string of the molecule is COC(=O)C1=C(C(=O)OC)N(c2ccccc2-c2cccc(C(C)=O)c2)C=CC=C1. The van der Waals surface area contributed by atoms with Gasteiger partial charge >= 0.3 is 11.9 Å². The van der Waals surface area contributed by atoms with Gasteiger partial charge in [-0.3, -0.25) is 4.79 Å². The highest BCUT2D eigenvalue weighted by Crippen LogP contribution is 2.35. The monoisotopic (exact) mass is 403 g/mol. The summed E-state index contributed by atoms with van der Waals surface area (Å²) in [5, 5.41) is 0. The smallest absolute Gasteiger partial charge is 0.355 e. The van der Waals surface area contributed by atoms with E-state index >= 15 is 0 Å². The number of ketones is 1. The van der Waals surface area contributed by atoms with Crippen LogP contribution in [0, 0.1) is 0 Å². The summed E-state index contributed by atoms with van der Waals surface area (Å²) in [4.78, 5) is 38.5. The zero-order valence-electron chi connectivity index (χ0n) is 16.9. The van der Waals surface area contributed by atoms with Crippen molar-refractivity contribution < 1.29 is 23.9 Å². The fourth-order valence-corrected chi connectivity index (χ4v) is 3.18. The Kier molecular flexibility index (Phi) is 6.27. The summed E-state index contributed by atoms with van der Waals surface area (Å²) in [6.07, 6.45) is 6.54. The molecule has 0 spiro atoms. The zero-order valence-corrected chi connectivity index (χ0v) is 16.9. The molecule has 0 amide bonds. The Hall–Kier alpha value is -3.93. The van der Waals surface area contributed by atoms with Gasteiger partial charge in [0.2, 0.25) is 0 Å². The second-order valence-electron chi connectivity index (χ2n) is 6.47. The van der Waals surface area contributed by atoms with E-state index in [1.54, 1.807) is 41.5 Å². The molecule has 0 unspecified atom stereocenters. The van der Waals surface area contributed by atoms with Crippen LogP contribution in [0.3, 0.4) is 0 Å². The molecule has 6 nitrogen and oxygen atoms in total. The van der Waals surface area contributed by atoms with Crippen molar-refractivity contribution in [1.82, 2.24) is 0 Å². The van der Waals surface area contributed by atoms with Gasteiger partial charge in [0, 0.05) is 17.3 Å². The number of rotatable bonds is 5. The Labute approximate surface area is 174 Å². The molecule has 0 aliphatic carbocycles. The third kappa shape index (κ3) is 4.07. The summed E-state index contributed by atoms with van der Waals surface area (Å²) in [5.74, 6) is -1.38. The van der Waals surface area contributed by atoms with E-state index in [-0.39, 0.29) is 17.1 Å². The number of allylic oxidation sites excluding steroid dienone is 2. The van der Waals surface area contributed by atoms with Crippen LogP contribution in [0.1, 0.15) is 17.3 Å². The molecule has 1 aliphatic rings. The summed E-state index contributed by atoms with van der Waals surface area (Å²) in [7, 11) is 2.50. The normalized spacial score (nSPS) is 13.1. The second kappa shape index (κ2) is 9.05. The lowest BCUT2D eigenvalue weighted by molar-refractivity contribution is -0.139. The number of hydrogen-bond donors (Lipinski definition) is 0. The van der Waals surface area contributed by atoms with Crippen LogP contribution >= 0.6 is 0 Å². The summed E-state index contributed by atoms with van der Waals surface area (Å²) < 4.78 is 9.82. The highest BCUT2D eigenvalue weighted by atomic mass is 16.5. The van der Waals surface area contributed by atoms with Crippen molar-refractivity contribution in [1.29, 1.82) is 0 Å². The van der Waals surface area contributed by atoms with Crippen molar-refractivity contribution in [3.63, 3.8) is 0 Å². The first-order valence-corrected chi connectivity index (χ1v) is 9.23. The van der Waals surface area contributed by atoms with E-state index in [9.17, 15) is 14.4 Å². The molecule has 30 heavy (non-hydrogen) atoms. The van der Waals surface area contributed by atoms with Crippen LogP contribution in [0.5, 0.6) is 0 Å². The average Bonchev–Trinajstić information content (AvgIpc) is 3.01. The summed E-state index contributed by atoms with van der Waals surface area (Å²) in [6.45, 7) is 1.51. The lowest BCUT2D eigenvalue weighted by atomic mass is 9.99. The predicted octanol–water partition coefficient (Wildman–Crippen LogP) is 4.05. The molecule has 1 aliphatic heterocycles. The van der Waals surface area contributed by atoms with Gasteiger partial charge in [-0.25, -0.2) is 9.59 Å². The molecular formula is C24H21NO5. The molecule has 0 saturated carbocycles. The molecule has 152 valence electrons. The van der Waals surface area contributed by atoms with Crippen LogP contribution in [0.25, 0.3) is 11.1 Å². The molecule has 2 aromatic rings. The lowest BCUT2D eigenvalue weighted by Gasteiger charge is -2.25. The van der Waals surface area contributed by atoms with Gasteiger partial charge in [0.05, 0.1) is 25.5 Å². The number of methoxy groups -OCH3 is 2. The fraction of sp³-hybridized carbons (Fsp3) is 0.125. The Morgan fingerprint density at radius 2 is 1.60 bits per heavy atom. The molecule has 0 saturated heterocycles. The molecular weight excluding hydrogens is 382 g/mol. The van der Waals surface area contributed by atoms with Crippen LogP contribution in [0.15, 0.2) is 84.2 Å². The maximum absolute atomic E-state index is 12.7. The Balaban J connectivity index is 2.24. The first kappa shape index (κ1) is 20.8. The minimum absolute atomic E-state index is 0.0320. The van der Waals surface area contributed by atoms with Gasteiger partial charge in [-0.15, -0.1) is 0 Å². The van der Waals surface area contributed by atoms with Crippen LogP contribution in [-0.4, -0.2) is 31.9 Å². The number of nitrogens with zero attached hydrogens (tertiary/aromatic N) is 1. The van der Waals surface area contributed by atoms with Crippen molar-refractivity contribution in [3.05, 3.63) is 89.8 Å². The van der Waals surface area contributed by atoms with Gasteiger partial charge in [-0.05, 0) is 36.8 Å². The maximum Gasteiger partial charge on any atom is 0.355 e. The molecule has 2 aromatic carbocycles. The van der Waals surface area contributed by atoms with Crippen molar-refractivity contribution >= 4 is 23.4 Å². The predicted molar refractivity (Wildman–Crippen MR) is 114 cm³/mol. The highest BCUT2D eigenvalue weighted by molar-refractivity contribution is 6.06. The van der Waals surface area contributed by atoms with Gasteiger partial charge in [0.1, 0.15) is 5.70 Å². The Bertz CT molecular complexity index is 1090. The molecule has 0 fully saturated rings. The quantitative estimate of drug-likeness (QED) is 0.554. The first-order chi connectivity index (χ1) is 14.5. The number of carbonyl (C=O) groups excluding carboxylic acids is 3. The largest absolute Gasteiger partial charge is 0.465 e. The summed E-state index contributed by atoms with van der Waals surface area (Å²) in [6, 6.07) is 14.6. The van der Waals surface area contributed by atoms with Gasteiger partial charge in [0.25, 0.3) is 0 Å². The van der Waals surface area contributed by atoms with E-state index in [2.05, 4.69) is 0 Å². The van der Waals surface area contributed by atoms with Crippen LogP contribution in [0.4, 0.5) is 5.69 Å². The topological polar surface area (TPSA) is 72.9 Å². The van der Waals surface area contributed by atoms with Crippen molar-refractivity contribution in [2.75, 3.05) is 19.1 Å². The summed E-state index contributed by atoms with van der Waals surface area (Å²) in [5.41, 5.74) is 2.89. The number of anilines is 1. The Morgan fingerprint density at radius 1 is 0.867 bits per heavy atom. The number of hydrogen-bond acceptors (Lipinski definition) is 6. The van der Waals surface area contributed by atoms with Gasteiger partial charge in [-0.2, -0.15) is 0 Å². The number of benzene rings is 2. The van der Waals surface area contributed by atoms with Crippen molar-refractivity contribution in [3.8, 4) is 11.1 Å². The highest BCUT2D eigenvalue weighted by Gasteiger charge is 2.28. The summed E-state index contributed by atoms with van der Waals surface area (Å²) >= 11 is 0. The second-order valence-corrected chi connectivity index (χ2v) is 6.47. The van der Waals surface area contributed by atoms with Crippen molar-refractivity contribution in [2.45, 2.75) is 6.92 Å². The standard InChI is InChI=1S/C24H21NO5/c1-16(26)17-9-8-10-18(15-17)19-11-4-5-13-21(19)25-14-7-6-12-20(23(27)29-2)22(25)24(28)30-3/h4-15H,1-3H3. The first-order valence-electron chi connectivity index (χ1n) is 9.23. The molecule has 0 radical (unpaired) electrons. The van der Waals surface area contributed by atoms with E-state index in [0.717, 1.165) is 11.1 Å². The van der Waals surface area contributed by atoms with Gasteiger partial charge < -0.3 is 14.4 Å². The molecule has 0 atom stereocenters. The minimum atomic E-state index is -0.682. The number of para-hydroxylation sites is 1. The van der Waals surface area contributed by atoms with E-state index in [1.165, 1.54) is 27.2 Å². The Morgan fingerprint density at radius 3 is 2.30 bits per heavy atom. The van der Waals surface area contributed by atoms with E-state index in [4.69, 9.17) is 9.47 Å². The number of ether oxygens (including phenoxy) is 2. The maximum atomic E-state index is 12.7. The van der Waals surface area contributed by atoms with Crippen LogP contribution < -0.4 is 4.90 Å². The van der Waals surface area contributed by atoms with Crippen LogP contribution in [0.2, 0.25) is 0 Å².